The Balaban J connectivity index is 1.40. The van der Waals surface area contributed by atoms with Crippen molar-refractivity contribution in [3.63, 3.8) is 0 Å². The van der Waals surface area contributed by atoms with Gasteiger partial charge in [0.15, 0.2) is 6.10 Å². The molecule has 1 aromatic heterocycles. The van der Waals surface area contributed by atoms with E-state index in [0.717, 1.165) is 29.7 Å². The highest BCUT2D eigenvalue weighted by atomic mass is 16.5. The zero-order valence-corrected chi connectivity index (χ0v) is 16.3. The highest BCUT2D eigenvalue weighted by Gasteiger charge is 2.15. The number of ether oxygens (including phenoxy) is 1. The van der Waals surface area contributed by atoms with Crippen molar-refractivity contribution in [2.24, 2.45) is 0 Å². The van der Waals surface area contributed by atoms with Crippen molar-refractivity contribution in [3.8, 4) is 5.75 Å². The summed E-state index contributed by atoms with van der Waals surface area (Å²) in [6.07, 6.45) is 1.16. The highest BCUT2D eigenvalue weighted by molar-refractivity contribution is 5.95. The minimum Gasteiger partial charge on any atom is -0.481 e. The lowest BCUT2D eigenvalue weighted by atomic mass is 10.1. The van der Waals surface area contributed by atoms with Crippen LogP contribution < -0.4 is 10.1 Å². The van der Waals surface area contributed by atoms with Gasteiger partial charge in [0.1, 0.15) is 11.6 Å². The smallest absolute Gasteiger partial charge is 0.265 e. The molecule has 0 spiro atoms. The molecule has 4 aromatic rings. The van der Waals surface area contributed by atoms with Crippen LogP contribution in [0, 0.1) is 0 Å². The van der Waals surface area contributed by atoms with Gasteiger partial charge in [0.25, 0.3) is 5.91 Å². The lowest BCUT2D eigenvalue weighted by Gasteiger charge is -2.14. The first-order chi connectivity index (χ1) is 14.2. The van der Waals surface area contributed by atoms with Gasteiger partial charge in [-0.1, -0.05) is 48.5 Å². The van der Waals surface area contributed by atoms with Gasteiger partial charge >= 0.3 is 0 Å². The molecule has 0 aliphatic rings. The summed E-state index contributed by atoms with van der Waals surface area (Å²) >= 11 is 0. The van der Waals surface area contributed by atoms with E-state index in [4.69, 9.17) is 4.74 Å². The average Bonchev–Trinajstić information content (AvgIpc) is 3.16. The molecular formula is C24H23N3O2. The zero-order valence-electron chi connectivity index (χ0n) is 16.3. The number of aromatic nitrogens is 2. The number of hydrogen-bond donors (Lipinski definition) is 2. The molecule has 1 heterocycles. The molecule has 0 aliphatic heterocycles. The number of aromatic amines is 1. The summed E-state index contributed by atoms with van der Waals surface area (Å²) in [5, 5.41) is 2.91. The Morgan fingerprint density at radius 2 is 1.72 bits per heavy atom. The van der Waals surface area contributed by atoms with Gasteiger partial charge < -0.3 is 15.0 Å². The average molecular weight is 385 g/mol. The Bertz CT molecular complexity index is 1090. The van der Waals surface area contributed by atoms with Crippen LogP contribution in [0.1, 0.15) is 18.3 Å². The van der Waals surface area contributed by atoms with Gasteiger partial charge in [-0.2, -0.15) is 0 Å². The summed E-state index contributed by atoms with van der Waals surface area (Å²) < 4.78 is 5.68. The molecule has 0 saturated heterocycles. The molecule has 5 nitrogen and oxygen atoms in total. The van der Waals surface area contributed by atoms with E-state index in [1.54, 1.807) is 6.92 Å². The van der Waals surface area contributed by atoms with Crippen molar-refractivity contribution in [3.05, 3.63) is 90.3 Å². The third kappa shape index (κ3) is 4.82. The molecule has 0 fully saturated rings. The van der Waals surface area contributed by atoms with Crippen LogP contribution in [0.2, 0.25) is 0 Å². The fourth-order valence-corrected chi connectivity index (χ4v) is 3.17. The van der Waals surface area contributed by atoms with Gasteiger partial charge in [-0.3, -0.25) is 4.79 Å². The number of benzene rings is 3. The van der Waals surface area contributed by atoms with Gasteiger partial charge in [-0.25, -0.2) is 4.98 Å². The Hall–Kier alpha value is -3.60. The summed E-state index contributed by atoms with van der Waals surface area (Å²) in [4.78, 5) is 20.5. The van der Waals surface area contributed by atoms with Gasteiger partial charge in [-0.15, -0.1) is 0 Å². The standard InChI is InChI=1S/C24H23N3O2/c1-17(29-20-10-6-3-7-11-20)24(28)25-19-13-14-21-22(16-19)27-23(26-21)15-12-18-8-4-2-5-9-18/h2-11,13-14,16-17H,12,15H2,1H3,(H,25,28)(H,26,27)/t17-/m1/s1. The monoisotopic (exact) mass is 385 g/mol. The summed E-state index contributed by atoms with van der Waals surface area (Å²) in [6.45, 7) is 1.73. The van der Waals surface area contributed by atoms with Crippen molar-refractivity contribution < 1.29 is 9.53 Å². The van der Waals surface area contributed by atoms with Crippen LogP contribution in [0.15, 0.2) is 78.9 Å². The summed E-state index contributed by atoms with van der Waals surface area (Å²) in [5.41, 5.74) is 3.79. The third-order valence-corrected chi connectivity index (χ3v) is 4.72. The molecule has 1 atom stereocenters. The number of H-pyrrole nitrogens is 1. The lowest BCUT2D eigenvalue weighted by Crippen LogP contribution is -2.30. The topological polar surface area (TPSA) is 67.0 Å². The highest BCUT2D eigenvalue weighted by Crippen LogP contribution is 2.19. The summed E-state index contributed by atoms with van der Waals surface area (Å²) in [5.74, 6) is 1.41. The quantitative estimate of drug-likeness (QED) is 0.482. The second-order valence-corrected chi connectivity index (χ2v) is 6.96. The van der Waals surface area contributed by atoms with Crippen molar-refractivity contribution >= 4 is 22.6 Å². The second-order valence-electron chi connectivity index (χ2n) is 6.96. The number of fused-ring (bicyclic) bond motifs is 1. The summed E-state index contributed by atoms with van der Waals surface area (Å²) in [6, 6.07) is 25.4. The third-order valence-electron chi connectivity index (χ3n) is 4.72. The zero-order chi connectivity index (χ0) is 20.1. The van der Waals surface area contributed by atoms with Crippen LogP contribution in [-0.2, 0) is 17.6 Å². The maximum Gasteiger partial charge on any atom is 0.265 e. The van der Waals surface area contributed by atoms with Gasteiger partial charge in [-0.05, 0) is 49.2 Å². The van der Waals surface area contributed by atoms with Crippen LogP contribution in [-0.4, -0.2) is 22.0 Å². The molecule has 146 valence electrons. The largest absolute Gasteiger partial charge is 0.481 e. The number of carbonyl (C=O) groups excluding carboxylic acids is 1. The van der Waals surface area contributed by atoms with E-state index in [1.165, 1.54) is 5.56 Å². The molecule has 29 heavy (non-hydrogen) atoms. The van der Waals surface area contributed by atoms with E-state index >= 15 is 0 Å². The molecule has 4 rings (SSSR count). The predicted molar refractivity (Wildman–Crippen MR) is 115 cm³/mol. The molecule has 0 bridgehead atoms. The van der Waals surface area contributed by atoms with Crippen molar-refractivity contribution in [1.29, 1.82) is 0 Å². The van der Waals surface area contributed by atoms with Gasteiger partial charge in [0.2, 0.25) is 0 Å². The first kappa shape index (κ1) is 18.7. The normalized spacial score (nSPS) is 11.9. The van der Waals surface area contributed by atoms with Crippen molar-refractivity contribution in [2.45, 2.75) is 25.9 Å². The molecule has 3 aromatic carbocycles. The van der Waals surface area contributed by atoms with Crippen LogP contribution in [0.5, 0.6) is 5.75 Å². The second kappa shape index (κ2) is 8.61. The number of nitrogens with zero attached hydrogens (tertiary/aromatic N) is 1. The number of hydrogen-bond acceptors (Lipinski definition) is 3. The molecule has 0 saturated carbocycles. The predicted octanol–water partition coefficient (Wildman–Crippen LogP) is 4.75. The fourth-order valence-electron chi connectivity index (χ4n) is 3.17. The van der Waals surface area contributed by atoms with E-state index < -0.39 is 6.10 Å². The maximum atomic E-state index is 12.5. The minimum atomic E-state index is -0.601. The molecule has 2 N–H and O–H groups in total. The molecule has 0 unspecified atom stereocenters. The van der Waals surface area contributed by atoms with E-state index in [9.17, 15) is 4.79 Å². The van der Waals surface area contributed by atoms with Gasteiger partial charge in [0.05, 0.1) is 11.0 Å². The number of imidazole rings is 1. The minimum absolute atomic E-state index is 0.197. The first-order valence-electron chi connectivity index (χ1n) is 9.72. The number of aryl methyl sites for hydroxylation is 2. The lowest BCUT2D eigenvalue weighted by molar-refractivity contribution is -0.122. The maximum absolute atomic E-state index is 12.5. The number of rotatable bonds is 7. The van der Waals surface area contributed by atoms with E-state index in [1.807, 2.05) is 66.7 Å². The number of anilines is 1. The number of amides is 1. The van der Waals surface area contributed by atoms with Crippen molar-refractivity contribution in [2.75, 3.05) is 5.32 Å². The SMILES string of the molecule is C[C@@H](Oc1ccccc1)C(=O)Nc1ccc2nc(CCc3ccccc3)[nH]c2c1. The Morgan fingerprint density at radius 1 is 1.00 bits per heavy atom. The number of carbonyl (C=O) groups is 1. The van der Waals surface area contributed by atoms with Crippen LogP contribution in [0.4, 0.5) is 5.69 Å². The van der Waals surface area contributed by atoms with Crippen LogP contribution in [0.25, 0.3) is 11.0 Å². The molecule has 0 radical (unpaired) electrons. The van der Waals surface area contributed by atoms with E-state index in [-0.39, 0.29) is 5.91 Å². The molecular weight excluding hydrogens is 362 g/mol. The molecule has 0 aliphatic carbocycles. The fraction of sp³-hybridized carbons (Fsp3) is 0.167. The Morgan fingerprint density at radius 3 is 2.48 bits per heavy atom. The Labute approximate surface area is 169 Å². The number of nitrogens with one attached hydrogen (secondary N) is 2. The first-order valence-corrected chi connectivity index (χ1v) is 9.72. The van der Waals surface area contributed by atoms with Crippen molar-refractivity contribution in [1.82, 2.24) is 9.97 Å². The van der Waals surface area contributed by atoms with Gasteiger partial charge in [0, 0.05) is 12.1 Å². The Kier molecular flexibility index (Phi) is 5.56. The van der Waals surface area contributed by atoms with E-state index in [0.29, 0.717) is 11.4 Å². The summed E-state index contributed by atoms with van der Waals surface area (Å²) in [7, 11) is 0. The molecule has 1 amide bonds. The van der Waals surface area contributed by atoms with Crippen LogP contribution >= 0.6 is 0 Å². The van der Waals surface area contributed by atoms with E-state index in [2.05, 4.69) is 27.4 Å². The van der Waals surface area contributed by atoms with Crippen LogP contribution in [0.3, 0.4) is 0 Å². The molecule has 5 heteroatoms. The number of para-hydroxylation sites is 1.